The number of benzene rings is 1. The van der Waals surface area contributed by atoms with Crippen LogP contribution in [0.4, 0.5) is 4.39 Å². The highest BCUT2D eigenvalue weighted by Crippen LogP contribution is 2.24. The van der Waals surface area contributed by atoms with E-state index < -0.39 is 17.4 Å². The van der Waals surface area contributed by atoms with Gasteiger partial charge in [0.1, 0.15) is 5.82 Å². The Labute approximate surface area is 97.3 Å². The SMILES string of the molecule is CC(C)(O)CSc1ccc(F)c(C(=O)O)c1. The summed E-state index contributed by atoms with van der Waals surface area (Å²) in [7, 11) is 0. The van der Waals surface area contributed by atoms with E-state index in [2.05, 4.69) is 0 Å². The van der Waals surface area contributed by atoms with Crippen LogP contribution in [-0.2, 0) is 0 Å². The van der Waals surface area contributed by atoms with Gasteiger partial charge in [0, 0.05) is 10.6 Å². The third-order valence-corrected chi connectivity index (χ3v) is 3.20. The minimum absolute atomic E-state index is 0.347. The molecular weight excluding hydrogens is 231 g/mol. The molecule has 0 aliphatic rings. The first kappa shape index (κ1) is 13.0. The van der Waals surface area contributed by atoms with E-state index in [0.717, 1.165) is 6.07 Å². The smallest absolute Gasteiger partial charge is 0.338 e. The van der Waals surface area contributed by atoms with Crippen LogP contribution in [0.15, 0.2) is 23.1 Å². The van der Waals surface area contributed by atoms with Crippen molar-refractivity contribution in [3.05, 3.63) is 29.6 Å². The fourth-order valence-electron chi connectivity index (χ4n) is 1.02. The summed E-state index contributed by atoms with van der Waals surface area (Å²) >= 11 is 1.29. The number of halogens is 1. The van der Waals surface area contributed by atoms with Gasteiger partial charge in [-0.3, -0.25) is 0 Å². The zero-order valence-electron chi connectivity index (χ0n) is 9.03. The number of carbonyl (C=O) groups is 1. The lowest BCUT2D eigenvalue weighted by atomic mass is 10.2. The molecule has 0 atom stereocenters. The Kier molecular flexibility index (Phi) is 3.93. The normalized spacial score (nSPS) is 11.5. The van der Waals surface area contributed by atoms with Crippen LogP contribution >= 0.6 is 11.8 Å². The Morgan fingerprint density at radius 1 is 1.50 bits per heavy atom. The van der Waals surface area contributed by atoms with Crippen molar-refractivity contribution >= 4 is 17.7 Å². The first-order valence-electron chi connectivity index (χ1n) is 4.67. The number of carboxylic acids is 1. The van der Waals surface area contributed by atoms with Crippen molar-refractivity contribution in [1.29, 1.82) is 0 Å². The van der Waals surface area contributed by atoms with E-state index in [4.69, 9.17) is 5.11 Å². The van der Waals surface area contributed by atoms with E-state index in [1.807, 2.05) is 0 Å². The molecule has 5 heteroatoms. The number of hydrogen-bond donors (Lipinski definition) is 2. The molecular formula is C11H13FO3S. The second-order valence-corrected chi connectivity index (χ2v) is 5.10. The summed E-state index contributed by atoms with van der Waals surface area (Å²) in [6.07, 6.45) is 0. The van der Waals surface area contributed by atoms with Gasteiger partial charge in [0.05, 0.1) is 11.2 Å². The molecule has 0 unspecified atom stereocenters. The van der Waals surface area contributed by atoms with Crippen LogP contribution < -0.4 is 0 Å². The number of carboxylic acid groups (broad SMARTS) is 1. The van der Waals surface area contributed by atoms with Gasteiger partial charge in [-0.15, -0.1) is 11.8 Å². The van der Waals surface area contributed by atoms with E-state index in [0.29, 0.717) is 10.6 Å². The van der Waals surface area contributed by atoms with Crippen LogP contribution in [0.2, 0.25) is 0 Å². The number of thioether (sulfide) groups is 1. The molecule has 16 heavy (non-hydrogen) atoms. The van der Waals surface area contributed by atoms with Gasteiger partial charge < -0.3 is 10.2 Å². The third kappa shape index (κ3) is 3.83. The molecule has 0 saturated heterocycles. The highest BCUT2D eigenvalue weighted by atomic mass is 32.2. The molecule has 0 amide bonds. The lowest BCUT2D eigenvalue weighted by Crippen LogP contribution is -2.21. The Hall–Kier alpha value is -1.07. The topological polar surface area (TPSA) is 57.5 Å². The molecule has 1 aromatic rings. The van der Waals surface area contributed by atoms with Gasteiger partial charge in [0.2, 0.25) is 0 Å². The summed E-state index contributed by atoms with van der Waals surface area (Å²) in [4.78, 5) is 11.3. The molecule has 0 heterocycles. The molecule has 0 fully saturated rings. The highest BCUT2D eigenvalue weighted by Gasteiger charge is 2.15. The number of aromatic carboxylic acids is 1. The van der Waals surface area contributed by atoms with E-state index in [1.54, 1.807) is 13.8 Å². The Balaban J connectivity index is 2.83. The summed E-state index contributed by atoms with van der Waals surface area (Å²) < 4.78 is 13.1. The summed E-state index contributed by atoms with van der Waals surface area (Å²) in [5.74, 6) is -1.62. The molecule has 1 rings (SSSR count). The molecule has 0 aromatic heterocycles. The van der Waals surface area contributed by atoms with Gasteiger partial charge in [-0.05, 0) is 32.0 Å². The number of hydrogen-bond acceptors (Lipinski definition) is 3. The lowest BCUT2D eigenvalue weighted by molar-refractivity contribution is 0.0691. The first-order valence-corrected chi connectivity index (χ1v) is 5.66. The maximum atomic E-state index is 13.1. The number of aliphatic hydroxyl groups is 1. The predicted molar refractivity (Wildman–Crippen MR) is 60.4 cm³/mol. The molecule has 1 aromatic carbocycles. The first-order chi connectivity index (χ1) is 7.29. The van der Waals surface area contributed by atoms with Crippen molar-refractivity contribution in [1.82, 2.24) is 0 Å². The fraction of sp³-hybridized carbons (Fsp3) is 0.364. The standard InChI is InChI=1S/C11H13FO3S/c1-11(2,15)6-16-7-3-4-9(12)8(5-7)10(13)14/h3-5,15H,6H2,1-2H3,(H,13,14). The van der Waals surface area contributed by atoms with Crippen LogP contribution in [0, 0.1) is 5.82 Å². The van der Waals surface area contributed by atoms with Crippen LogP contribution in [0.3, 0.4) is 0 Å². The predicted octanol–water partition coefficient (Wildman–Crippen LogP) is 2.39. The summed E-state index contributed by atoms with van der Waals surface area (Å²) in [6, 6.07) is 3.89. The van der Waals surface area contributed by atoms with Crippen molar-refractivity contribution in [3.8, 4) is 0 Å². The summed E-state index contributed by atoms with van der Waals surface area (Å²) in [6.45, 7) is 3.31. The Morgan fingerprint density at radius 3 is 2.62 bits per heavy atom. The molecule has 88 valence electrons. The molecule has 2 N–H and O–H groups in total. The molecule has 3 nitrogen and oxygen atoms in total. The van der Waals surface area contributed by atoms with Crippen LogP contribution in [0.25, 0.3) is 0 Å². The fourth-order valence-corrected chi connectivity index (χ4v) is 1.90. The molecule has 0 bridgehead atoms. The molecule has 0 radical (unpaired) electrons. The third-order valence-electron chi connectivity index (χ3n) is 1.76. The van der Waals surface area contributed by atoms with Crippen LogP contribution in [0.5, 0.6) is 0 Å². The van der Waals surface area contributed by atoms with Crippen LogP contribution in [0.1, 0.15) is 24.2 Å². The zero-order valence-corrected chi connectivity index (χ0v) is 9.84. The molecule has 0 saturated carbocycles. The van der Waals surface area contributed by atoms with Crippen molar-refractivity contribution in [3.63, 3.8) is 0 Å². The van der Waals surface area contributed by atoms with Crippen LogP contribution in [-0.4, -0.2) is 27.5 Å². The van der Waals surface area contributed by atoms with E-state index >= 15 is 0 Å². The summed E-state index contributed by atoms with van der Waals surface area (Å²) in [5.41, 5.74) is -1.19. The van der Waals surface area contributed by atoms with E-state index in [-0.39, 0.29) is 5.56 Å². The van der Waals surface area contributed by atoms with Crippen molar-refractivity contribution in [2.75, 3.05) is 5.75 Å². The average Bonchev–Trinajstić information content (AvgIpc) is 2.14. The van der Waals surface area contributed by atoms with Gasteiger partial charge in [0.25, 0.3) is 0 Å². The van der Waals surface area contributed by atoms with E-state index in [9.17, 15) is 14.3 Å². The second kappa shape index (κ2) is 4.84. The van der Waals surface area contributed by atoms with Gasteiger partial charge in [-0.2, -0.15) is 0 Å². The zero-order chi connectivity index (χ0) is 12.3. The average molecular weight is 244 g/mol. The molecule has 0 spiro atoms. The van der Waals surface area contributed by atoms with Crippen molar-refractivity contribution in [2.45, 2.75) is 24.3 Å². The van der Waals surface area contributed by atoms with Gasteiger partial charge >= 0.3 is 5.97 Å². The van der Waals surface area contributed by atoms with E-state index in [1.165, 1.54) is 23.9 Å². The highest BCUT2D eigenvalue weighted by molar-refractivity contribution is 7.99. The largest absolute Gasteiger partial charge is 0.478 e. The maximum absolute atomic E-state index is 13.1. The van der Waals surface area contributed by atoms with Gasteiger partial charge in [0.15, 0.2) is 0 Å². The second-order valence-electron chi connectivity index (χ2n) is 4.05. The molecule has 0 aliphatic carbocycles. The van der Waals surface area contributed by atoms with Crippen molar-refractivity contribution in [2.24, 2.45) is 0 Å². The lowest BCUT2D eigenvalue weighted by Gasteiger charge is -2.16. The minimum Gasteiger partial charge on any atom is -0.478 e. The number of rotatable bonds is 4. The Bertz CT molecular complexity index is 399. The van der Waals surface area contributed by atoms with Gasteiger partial charge in [-0.1, -0.05) is 0 Å². The Morgan fingerprint density at radius 2 is 2.12 bits per heavy atom. The minimum atomic E-state index is -1.29. The maximum Gasteiger partial charge on any atom is 0.338 e. The van der Waals surface area contributed by atoms with Crippen molar-refractivity contribution < 1.29 is 19.4 Å². The summed E-state index contributed by atoms with van der Waals surface area (Å²) in [5, 5.41) is 18.2. The quantitative estimate of drug-likeness (QED) is 0.798. The monoisotopic (exact) mass is 244 g/mol. The van der Waals surface area contributed by atoms with Gasteiger partial charge in [-0.25, -0.2) is 9.18 Å². The molecule has 0 aliphatic heterocycles.